The molecule has 0 atom stereocenters. The Morgan fingerprint density at radius 1 is 1.00 bits per heavy atom. The van der Waals surface area contributed by atoms with Gasteiger partial charge < -0.3 is 0 Å². The second kappa shape index (κ2) is 3.54. The molecule has 86 valence electrons. The normalized spacial score (nSPS) is 19.9. The molecule has 2 nitrogen and oxygen atoms in total. The summed E-state index contributed by atoms with van der Waals surface area (Å²) in [7, 11) is 0. The number of hydrogen-bond donors (Lipinski definition) is 0. The van der Waals surface area contributed by atoms with Gasteiger partial charge in [-0.1, -0.05) is 43.4 Å². The van der Waals surface area contributed by atoms with Crippen LogP contribution in [0.25, 0.3) is 0 Å². The van der Waals surface area contributed by atoms with Crippen LogP contribution in [0.2, 0.25) is 0 Å². The van der Waals surface area contributed by atoms with E-state index in [0.29, 0.717) is 0 Å². The van der Waals surface area contributed by atoms with Crippen molar-refractivity contribution >= 4 is 34.2 Å². The van der Waals surface area contributed by atoms with E-state index in [1.165, 1.54) is 0 Å². The van der Waals surface area contributed by atoms with Crippen LogP contribution in [0.1, 0.15) is 47.5 Å². The van der Waals surface area contributed by atoms with Crippen LogP contribution >= 0.6 is 22.6 Å². The zero-order chi connectivity index (χ0) is 12.1. The molecule has 1 aliphatic carbocycles. The Balaban J connectivity index is 2.96. The van der Waals surface area contributed by atoms with Gasteiger partial charge in [-0.15, -0.1) is 0 Å². The van der Waals surface area contributed by atoms with E-state index in [0.717, 1.165) is 12.8 Å². The molecule has 0 spiro atoms. The van der Waals surface area contributed by atoms with Crippen LogP contribution in [0, 0.1) is 10.8 Å². The first-order valence-electron chi connectivity index (χ1n) is 5.30. The van der Waals surface area contributed by atoms with Crippen molar-refractivity contribution in [2.24, 2.45) is 10.8 Å². The highest BCUT2D eigenvalue weighted by Crippen LogP contribution is 2.54. The predicted molar refractivity (Wildman–Crippen MR) is 69.2 cm³/mol. The Bertz CT molecular complexity index is 273. The number of rotatable bonds is 3. The average molecular weight is 322 g/mol. The van der Waals surface area contributed by atoms with E-state index in [9.17, 15) is 9.59 Å². The van der Waals surface area contributed by atoms with Gasteiger partial charge in [0.15, 0.2) is 11.6 Å². The van der Waals surface area contributed by atoms with Crippen LogP contribution in [-0.4, -0.2) is 15.0 Å². The predicted octanol–water partition coefficient (Wildman–Crippen LogP) is 3.16. The van der Waals surface area contributed by atoms with Crippen molar-refractivity contribution in [3.05, 3.63) is 0 Å². The number of hydrogen-bond acceptors (Lipinski definition) is 2. The molecule has 0 aromatic carbocycles. The highest BCUT2D eigenvalue weighted by Gasteiger charge is 2.60. The molecule has 1 saturated carbocycles. The second-order valence-electron chi connectivity index (χ2n) is 5.96. The minimum atomic E-state index is -0.650. The van der Waals surface area contributed by atoms with Crippen molar-refractivity contribution in [2.45, 2.75) is 50.9 Å². The summed E-state index contributed by atoms with van der Waals surface area (Å²) in [6, 6.07) is 0. The average Bonchev–Trinajstić information content (AvgIpc) is 2.78. The molecule has 0 saturated heterocycles. The SMILES string of the molecule is CC(C)(C)C(=O)C1(C(=O)C(C)(C)I)CC1. The van der Waals surface area contributed by atoms with E-state index >= 15 is 0 Å². The Morgan fingerprint density at radius 3 is 1.60 bits per heavy atom. The lowest BCUT2D eigenvalue weighted by Gasteiger charge is -2.27. The van der Waals surface area contributed by atoms with E-state index in [4.69, 9.17) is 0 Å². The molecule has 0 radical (unpaired) electrons. The minimum absolute atomic E-state index is 0.107. The van der Waals surface area contributed by atoms with Crippen molar-refractivity contribution in [2.75, 3.05) is 0 Å². The van der Waals surface area contributed by atoms with Crippen LogP contribution in [0.4, 0.5) is 0 Å². The van der Waals surface area contributed by atoms with Gasteiger partial charge in [0.2, 0.25) is 0 Å². The standard InChI is InChI=1S/C12H19IO2/c1-10(2,3)8(14)12(6-7-12)9(15)11(4,5)13/h6-7H2,1-5H3. The zero-order valence-electron chi connectivity index (χ0n) is 10.1. The highest BCUT2D eigenvalue weighted by molar-refractivity contribution is 14.1. The van der Waals surface area contributed by atoms with E-state index in [1.807, 2.05) is 34.6 Å². The van der Waals surface area contributed by atoms with Crippen LogP contribution in [0.3, 0.4) is 0 Å². The molecule has 0 aromatic heterocycles. The minimum Gasteiger partial charge on any atom is -0.298 e. The molecule has 0 unspecified atom stereocenters. The molecule has 0 N–H and O–H groups in total. The van der Waals surface area contributed by atoms with E-state index < -0.39 is 14.3 Å². The Labute approximate surface area is 105 Å². The zero-order valence-corrected chi connectivity index (χ0v) is 12.3. The molecular formula is C12H19IO2. The van der Waals surface area contributed by atoms with Gasteiger partial charge >= 0.3 is 0 Å². The third-order valence-corrected chi connectivity index (χ3v) is 3.33. The van der Waals surface area contributed by atoms with Crippen molar-refractivity contribution in [3.63, 3.8) is 0 Å². The van der Waals surface area contributed by atoms with Gasteiger partial charge in [-0.05, 0) is 26.7 Å². The maximum Gasteiger partial charge on any atom is 0.161 e. The fourth-order valence-corrected chi connectivity index (χ4v) is 2.49. The monoisotopic (exact) mass is 322 g/mol. The van der Waals surface area contributed by atoms with Gasteiger partial charge in [0.05, 0.1) is 8.84 Å². The van der Waals surface area contributed by atoms with Gasteiger partial charge in [0.25, 0.3) is 0 Å². The third-order valence-electron chi connectivity index (χ3n) is 2.84. The van der Waals surface area contributed by atoms with Crippen molar-refractivity contribution in [1.82, 2.24) is 0 Å². The number of halogens is 1. The number of carbonyl (C=O) groups excluding carboxylic acids is 2. The summed E-state index contributed by atoms with van der Waals surface area (Å²) in [6.45, 7) is 9.44. The number of alkyl halides is 1. The molecular weight excluding hydrogens is 303 g/mol. The highest BCUT2D eigenvalue weighted by atomic mass is 127. The lowest BCUT2D eigenvalue weighted by atomic mass is 9.76. The fourth-order valence-electron chi connectivity index (χ4n) is 1.97. The fraction of sp³-hybridized carbons (Fsp3) is 0.833. The van der Waals surface area contributed by atoms with Crippen LogP contribution in [0.15, 0.2) is 0 Å². The molecule has 1 rings (SSSR count). The Hall–Kier alpha value is 0.0700. The van der Waals surface area contributed by atoms with Crippen LogP contribution in [-0.2, 0) is 9.59 Å². The summed E-state index contributed by atoms with van der Waals surface area (Å²) in [5.41, 5.74) is -1.06. The topological polar surface area (TPSA) is 34.1 Å². The molecule has 0 bridgehead atoms. The quantitative estimate of drug-likeness (QED) is 0.454. The van der Waals surface area contributed by atoms with Crippen LogP contribution in [0.5, 0.6) is 0 Å². The summed E-state index contributed by atoms with van der Waals surface area (Å²) in [5.74, 6) is 0.222. The first-order chi connectivity index (χ1) is 6.52. The second-order valence-corrected chi connectivity index (χ2v) is 8.66. The molecule has 0 amide bonds. The first-order valence-corrected chi connectivity index (χ1v) is 6.38. The molecule has 1 aliphatic rings. The van der Waals surface area contributed by atoms with Crippen molar-refractivity contribution in [3.8, 4) is 0 Å². The Morgan fingerprint density at radius 2 is 1.40 bits per heavy atom. The molecule has 1 fully saturated rings. The Kier molecular flexibility index (Phi) is 3.10. The van der Waals surface area contributed by atoms with Crippen LogP contribution < -0.4 is 0 Å². The molecule has 0 heterocycles. The van der Waals surface area contributed by atoms with Crippen molar-refractivity contribution < 1.29 is 9.59 Å². The third kappa shape index (κ3) is 2.43. The largest absolute Gasteiger partial charge is 0.298 e. The molecule has 3 heteroatoms. The van der Waals surface area contributed by atoms with Gasteiger partial charge in [0, 0.05) is 5.41 Å². The smallest absolute Gasteiger partial charge is 0.161 e. The van der Waals surface area contributed by atoms with E-state index in [-0.39, 0.29) is 11.6 Å². The molecule has 0 aromatic rings. The summed E-state index contributed by atoms with van der Waals surface area (Å²) >= 11 is 2.13. The van der Waals surface area contributed by atoms with Crippen molar-refractivity contribution in [1.29, 1.82) is 0 Å². The lowest BCUT2D eigenvalue weighted by Crippen LogP contribution is -2.42. The first kappa shape index (κ1) is 13.1. The summed E-state index contributed by atoms with van der Waals surface area (Å²) in [6.07, 6.45) is 1.49. The maximum absolute atomic E-state index is 12.2. The lowest BCUT2D eigenvalue weighted by molar-refractivity contribution is -0.140. The number of ketones is 2. The molecule has 15 heavy (non-hydrogen) atoms. The van der Waals surface area contributed by atoms with Gasteiger partial charge in [0.1, 0.15) is 0 Å². The molecule has 0 aliphatic heterocycles. The van der Waals surface area contributed by atoms with E-state index in [1.54, 1.807) is 0 Å². The summed E-state index contributed by atoms with van der Waals surface area (Å²) < 4.78 is -0.435. The van der Waals surface area contributed by atoms with Gasteiger partial charge in [-0.3, -0.25) is 9.59 Å². The number of Topliss-reactive ketones (excluding diaryl/α,β-unsaturated/α-hetero) is 2. The maximum atomic E-state index is 12.2. The summed E-state index contributed by atoms with van der Waals surface area (Å²) in [5, 5.41) is 0. The van der Waals surface area contributed by atoms with Gasteiger partial charge in [-0.2, -0.15) is 0 Å². The summed E-state index contributed by atoms with van der Waals surface area (Å²) in [4.78, 5) is 24.4. The number of carbonyl (C=O) groups is 2. The van der Waals surface area contributed by atoms with E-state index in [2.05, 4.69) is 22.6 Å². The van der Waals surface area contributed by atoms with Gasteiger partial charge in [-0.25, -0.2) is 0 Å².